The number of aliphatic hydroxyl groups excluding tert-OH is 1. The van der Waals surface area contributed by atoms with Crippen molar-refractivity contribution < 1.29 is 29.0 Å². The van der Waals surface area contributed by atoms with Gasteiger partial charge < -0.3 is 24.4 Å². The molecule has 1 spiro atoms. The van der Waals surface area contributed by atoms with Crippen LogP contribution in [0.25, 0.3) is 0 Å². The normalized spacial score (nSPS) is 33.6. The number of fused-ring (bicyclic) bond motifs is 2. The van der Waals surface area contributed by atoms with Gasteiger partial charge in [0.2, 0.25) is 5.91 Å². The number of aliphatic hydroxyl groups is 1. The monoisotopic (exact) mass is 542 g/mol. The van der Waals surface area contributed by atoms with Crippen LogP contribution in [0.3, 0.4) is 0 Å². The van der Waals surface area contributed by atoms with Gasteiger partial charge in [-0.05, 0) is 50.7 Å². The molecule has 38 heavy (non-hydrogen) atoms. The molecule has 2 amide bonds. The van der Waals surface area contributed by atoms with Crippen LogP contribution >= 0.6 is 11.6 Å². The Balaban J connectivity index is 1.63. The Bertz CT molecular complexity index is 1150. The van der Waals surface area contributed by atoms with E-state index in [1.807, 2.05) is 37.3 Å². The molecule has 0 aromatic heterocycles. The Kier molecular flexibility index (Phi) is 7.67. The fourth-order valence-electron chi connectivity index (χ4n) is 6.57. The zero-order chi connectivity index (χ0) is 26.9. The number of para-hydroxylation sites is 1. The molecule has 5 atom stereocenters. The molecule has 204 valence electrons. The van der Waals surface area contributed by atoms with E-state index in [-0.39, 0.29) is 31.6 Å². The Morgan fingerprint density at radius 3 is 2.63 bits per heavy atom. The van der Waals surface area contributed by atoms with Crippen molar-refractivity contribution in [2.45, 2.75) is 62.7 Å². The highest BCUT2D eigenvalue weighted by Crippen LogP contribution is 2.58. The number of carbonyl (C=O) groups is 3. The number of benzene rings is 1. The summed E-state index contributed by atoms with van der Waals surface area (Å²) in [6, 6.07) is 6.16. The minimum Gasteiger partial charge on any atom is -0.465 e. The molecule has 1 N–H and O–H groups in total. The van der Waals surface area contributed by atoms with Gasteiger partial charge in [0.1, 0.15) is 23.2 Å². The zero-order valence-corrected chi connectivity index (χ0v) is 22.4. The second-order valence-electron chi connectivity index (χ2n) is 10.5. The fraction of sp³-hybridized carbons (Fsp3) is 0.552. The van der Waals surface area contributed by atoms with Gasteiger partial charge in [0, 0.05) is 19.7 Å². The number of allylic oxidation sites excluding steroid dienone is 1. The summed E-state index contributed by atoms with van der Waals surface area (Å²) in [6.07, 6.45) is 11.4. The van der Waals surface area contributed by atoms with Crippen LogP contribution in [0.2, 0.25) is 5.02 Å². The van der Waals surface area contributed by atoms with E-state index in [1.165, 1.54) is 0 Å². The van der Waals surface area contributed by atoms with Crippen LogP contribution in [-0.4, -0.2) is 71.3 Å². The van der Waals surface area contributed by atoms with Crippen LogP contribution < -0.4 is 4.90 Å². The van der Waals surface area contributed by atoms with Crippen LogP contribution in [0, 0.1) is 11.8 Å². The number of halogens is 1. The molecule has 1 aromatic rings. The SMILES string of the molecule is CC[C@]12/C=C\CCCOC(=O)[C@H]1[C@H]1C(=O)N(CCCCCO)C3C(=O)N(c4ccccc4Cl)CC=C[C@@]31O2. The number of cyclic esters (lactones) is 1. The molecule has 0 radical (unpaired) electrons. The van der Waals surface area contributed by atoms with E-state index >= 15 is 0 Å². The summed E-state index contributed by atoms with van der Waals surface area (Å²) in [7, 11) is 0. The van der Waals surface area contributed by atoms with E-state index in [4.69, 9.17) is 21.1 Å². The highest BCUT2D eigenvalue weighted by atomic mass is 35.5. The molecule has 2 fully saturated rings. The van der Waals surface area contributed by atoms with Crippen LogP contribution in [-0.2, 0) is 23.9 Å². The van der Waals surface area contributed by atoms with Crippen molar-refractivity contribution in [3.63, 3.8) is 0 Å². The molecule has 4 aliphatic rings. The number of hydrogen-bond acceptors (Lipinski definition) is 6. The molecule has 4 heterocycles. The average molecular weight is 543 g/mol. The third kappa shape index (κ3) is 4.27. The average Bonchev–Trinajstić information content (AvgIpc) is 3.28. The van der Waals surface area contributed by atoms with Gasteiger partial charge in [-0.25, -0.2) is 0 Å². The number of amides is 2. The standard InChI is InChI=1S/C29H35ClN2O6/c1-2-28-14-7-3-10-19-37-27(36)23(28)22-25(34)32(16-8-4-9-18-33)24-26(35)31(17-11-15-29(22,24)38-28)21-13-6-5-12-20(21)30/h5-7,11-15,22-24,33H,2-4,8-10,16-19H2,1H3/b14-7-/t22-,23+,24?,28-,29-/m0/s1. The number of ether oxygens (including phenoxy) is 2. The molecule has 1 aromatic carbocycles. The van der Waals surface area contributed by atoms with Crippen LogP contribution in [0.4, 0.5) is 5.69 Å². The first kappa shape index (κ1) is 26.9. The van der Waals surface area contributed by atoms with E-state index in [0.717, 1.165) is 6.42 Å². The van der Waals surface area contributed by atoms with E-state index in [2.05, 4.69) is 0 Å². The van der Waals surface area contributed by atoms with Crippen LogP contribution in [0.5, 0.6) is 0 Å². The van der Waals surface area contributed by atoms with Crippen molar-refractivity contribution >= 4 is 35.1 Å². The molecule has 9 heteroatoms. The highest BCUT2D eigenvalue weighted by molar-refractivity contribution is 6.34. The zero-order valence-electron chi connectivity index (χ0n) is 21.7. The van der Waals surface area contributed by atoms with Gasteiger partial charge in [0.15, 0.2) is 0 Å². The minimum atomic E-state index is -1.33. The molecule has 1 unspecified atom stereocenters. The predicted molar refractivity (Wildman–Crippen MR) is 143 cm³/mol. The van der Waals surface area contributed by atoms with Gasteiger partial charge in [-0.15, -0.1) is 0 Å². The number of rotatable bonds is 7. The van der Waals surface area contributed by atoms with Gasteiger partial charge in [-0.3, -0.25) is 14.4 Å². The summed E-state index contributed by atoms with van der Waals surface area (Å²) >= 11 is 6.50. The maximum absolute atomic E-state index is 14.4. The lowest BCUT2D eigenvalue weighted by atomic mass is 9.73. The molecular weight excluding hydrogens is 508 g/mol. The lowest BCUT2D eigenvalue weighted by Crippen LogP contribution is -2.56. The highest BCUT2D eigenvalue weighted by Gasteiger charge is 2.75. The quantitative estimate of drug-likeness (QED) is 0.321. The second kappa shape index (κ2) is 10.8. The molecular formula is C29H35ClN2O6. The van der Waals surface area contributed by atoms with E-state index in [0.29, 0.717) is 49.4 Å². The van der Waals surface area contributed by atoms with Gasteiger partial charge in [0.05, 0.1) is 23.2 Å². The number of hydrogen-bond donors (Lipinski definition) is 1. The lowest BCUT2D eigenvalue weighted by Gasteiger charge is -2.38. The van der Waals surface area contributed by atoms with E-state index < -0.39 is 35.0 Å². The first-order chi connectivity index (χ1) is 18.4. The maximum Gasteiger partial charge on any atom is 0.313 e. The Labute approximate surface area is 228 Å². The van der Waals surface area contributed by atoms with Crippen molar-refractivity contribution in [2.75, 3.05) is 31.2 Å². The number of esters is 1. The minimum absolute atomic E-state index is 0.0638. The summed E-state index contributed by atoms with van der Waals surface area (Å²) < 4.78 is 12.6. The molecule has 2 saturated heterocycles. The van der Waals surface area contributed by atoms with Crippen molar-refractivity contribution in [3.8, 4) is 0 Å². The number of carbonyl (C=O) groups excluding carboxylic acids is 3. The first-order valence-electron chi connectivity index (χ1n) is 13.6. The fourth-order valence-corrected chi connectivity index (χ4v) is 6.81. The number of likely N-dealkylation sites (tertiary alicyclic amines) is 1. The number of nitrogens with zero attached hydrogens (tertiary/aromatic N) is 2. The Hall–Kier alpha value is -2.68. The molecule has 4 aliphatic heterocycles. The Morgan fingerprint density at radius 2 is 1.87 bits per heavy atom. The molecule has 0 bridgehead atoms. The molecule has 5 rings (SSSR count). The van der Waals surface area contributed by atoms with E-state index in [1.54, 1.807) is 28.0 Å². The second-order valence-corrected chi connectivity index (χ2v) is 10.9. The lowest BCUT2D eigenvalue weighted by molar-refractivity contribution is -0.159. The first-order valence-corrected chi connectivity index (χ1v) is 14.0. The molecule has 0 saturated carbocycles. The van der Waals surface area contributed by atoms with E-state index in [9.17, 15) is 19.5 Å². The largest absolute Gasteiger partial charge is 0.465 e. The summed E-state index contributed by atoms with van der Waals surface area (Å²) in [5.74, 6) is -2.79. The van der Waals surface area contributed by atoms with Crippen molar-refractivity contribution in [2.24, 2.45) is 11.8 Å². The van der Waals surface area contributed by atoms with Crippen molar-refractivity contribution in [3.05, 3.63) is 53.6 Å². The van der Waals surface area contributed by atoms with Gasteiger partial charge in [-0.2, -0.15) is 0 Å². The Morgan fingerprint density at radius 1 is 1.05 bits per heavy atom. The molecule has 8 nitrogen and oxygen atoms in total. The van der Waals surface area contributed by atoms with Gasteiger partial charge in [-0.1, -0.05) is 55.0 Å². The summed E-state index contributed by atoms with van der Waals surface area (Å²) in [4.78, 5) is 45.4. The number of unbranched alkanes of at least 4 members (excludes halogenated alkanes) is 2. The summed E-state index contributed by atoms with van der Waals surface area (Å²) in [5, 5.41) is 9.67. The smallest absolute Gasteiger partial charge is 0.313 e. The topological polar surface area (TPSA) is 96.4 Å². The van der Waals surface area contributed by atoms with Crippen LogP contribution in [0.15, 0.2) is 48.6 Å². The number of anilines is 1. The predicted octanol–water partition coefficient (Wildman–Crippen LogP) is 3.66. The van der Waals surface area contributed by atoms with Crippen LogP contribution in [0.1, 0.15) is 45.4 Å². The summed E-state index contributed by atoms with van der Waals surface area (Å²) in [6.45, 7) is 2.85. The third-order valence-electron chi connectivity index (χ3n) is 8.33. The van der Waals surface area contributed by atoms with Crippen molar-refractivity contribution in [1.29, 1.82) is 0 Å². The third-order valence-corrected chi connectivity index (χ3v) is 8.65. The molecule has 0 aliphatic carbocycles. The maximum atomic E-state index is 14.4. The summed E-state index contributed by atoms with van der Waals surface area (Å²) in [5.41, 5.74) is -1.83. The van der Waals surface area contributed by atoms with Gasteiger partial charge >= 0.3 is 5.97 Å². The van der Waals surface area contributed by atoms with Crippen molar-refractivity contribution in [1.82, 2.24) is 4.90 Å². The van der Waals surface area contributed by atoms with Gasteiger partial charge in [0.25, 0.3) is 5.91 Å².